The van der Waals surface area contributed by atoms with Gasteiger partial charge in [0.05, 0.1) is 5.03 Å². The molecule has 1 heterocycles. The van der Waals surface area contributed by atoms with E-state index in [1.165, 1.54) is 17.8 Å². The molecule has 0 aliphatic rings. The molecule has 0 saturated heterocycles. The third kappa shape index (κ3) is 2.47. The van der Waals surface area contributed by atoms with Gasteiger partial charge in [-0.3, -0.25) is 4.79 Å². The Hall–Kier alpha value is -1.16. The molecule has 0 radical (unpaired) electrons. The first-order chi connectivity index (χ1) is 5.72. The van der Waals surface area contributed by atoms with E-state index in [1.54, 1.807) is 12.1 Å². The van der Waals surface area contributed by atoms with E-state index in [0.29, 0.717) is 5.69 Å². The number of anilines is 1. The molecule has 0 aliphatic carbocycles. The van der Waals surface area contributed by atoms with Gasteiger partial charge in [0.15, 0.2) is 0 Å². The van der Waals surface area contributed by atoms with Crippen molar-refractivity contribution in [3.63, 3.8) is 0 Å². The number of rotatable bonds is 3. The molecule has 1 rings (SSSR count). The van der Waals surface area contributed by atoms with Gasteiger partial charge < -0.3 is 10.7 Å². The number of nitrogen functional groups attached to an aromatic ring is 1. The normalized spacial score (nSPS) is 9.67. The summed E-state index contributed by atoms with van der Waals surface area (Å²) in [5.41, 5.74) is 5.80. The van der Waals surface area contributed by atoms with Crippen LogP contribution in [0.2, 0.25) is 0 Å². The Balaban J connectivity index is 2.85. The predicted octanol–water partition coefficient (Wildman–Crippen LogP) is 1.24. The number of nitrogens with two attached hydrogens (primary N) is 1. The van der Waals surface area contributed by atoms with Crippen LogP contribution in [-0.4, -0.2) is 10.7 Å². The minimum Gasteiger partial charge on any atom is -0.398 e. The van der Waals surface area contributed by atoms with Gasteiger partial charge in [-0.05, 0) is 6.07 Å². The number of H-pyrrole nitrogens is 1. The van der Waals surface area contributed by atoms with Gasteiger partial charge in [-0.15, -0.1) is 18.3 Å². The molecule has 0 saturated carbocycles. The van der Waals surface area contributed by atoms with Crippen molar-refractivity contribution in [2.24, 2.45) is 0 Å². The van der Waals surface area contributed by atoms with Gasteiger partial charge in [-0.1, -0.05) is 6.08 Å². The summed E-state index contributed by atoms with van der Waals surface area (Å²) in [7, 11) is 0. The first-order valence-corrected chi connectivity index (χ1v) is 4.44. The second-order valence-electron chi connectivity index (χ2n) is 2.24. The number of aromatic nitrogens is 1. The maximum atomic E-state index is 10.9. The summed E-state index contributed by atoms with van der Waals surface area (Å²) in [5, 5.41) is 0.778. The Morgan fingerprint density at radius 3 is 3.00 bits per heavy atom. The lowest BCUT2D eigenvalue weighted by Gasteiger charge is -1.98. The van der Waals surface area contributed by atoms with E-state index in [4.69, 9.17) is 5.73 Å². The zero-order valence-electron chi connectivity index (χ0n) is 6.54. The molecular formula is C8H10N2OS. The van der Waals surface area contributed by atoms with E-state index in [0.717, 1.165) is 10.8 Å². The van der Waals surface area contributed by atoms with Crippen molar-refractivity contribution in [2.75, 3.05) is 11.5 Å². The van der Waals surface area contributed by atoms with Crippen molar-refractivity contribution in [1.82, 2.24) is 4.98 Å². The molecule has 0 atom stereocenters. The number of hydrogen-bond donors (Lipinski definition) is 2. The van der Waals surface area contributed by atoms with Crippen molar-refractivity contribution in [1.29, 1.82) is 0 Å². The maximum absolute atomic E-state index is 10.9. The lowest BCUT2D eigenvalue weighted by Crippen LogP contribution is -2.06. The third-order valence-corrected chi connectivity index (χ3v) is 2.13. The van der Waals surface area contributed by atoms with E-state index in [-0.39, 0.29) is 5.56 Å². The van der Waals surface area contributed by atoms with E-state index in [1.807, 2.05) is 0 Å². The lowest BCUT2D eigenvalue weighted by molar-refractivity contribution is 1.08. The van der Waals surface area contributed by atoms with Crippen LogP contribution < -0.4 is 11.3 Å². The van der Waals surface area contributed by atoms with Gasteiger partial charge in [0.1, 0.15) is 0 Å². The molecule has 0 fully saturated rings. The quantitative estimate of drug-likeness (QED) is 0.546. The van der Waals surface area contributed by atoms with Crippen LogP contribution in [0.25, 0.3) is 0 Å². The van der Waals surface area contributed by atoms with Crippen LogP contribution in [0.3, 0.4) is 0 Å². The molecule has 0 aliphatic heterocycles. The van der Waals surface area contributed by atoms with Crippen molar-refractivity contribution in [2.45, 2.75) is 5.03 Å². The first kappa shape index (κ1) is 8.93. The largest absolute Gasteiger partial charge is 0.398 e. The van der Waals surface area contributed by atoms with Crippen LogP contribution in [-0.2, 0) is 0 Å². The van der Waals surface area contributed by atoms with Crippen LogP contribution in [0.15, 0.2) is 34.6 Å². The van der Waals surface area contributed by atoms with Crippen molar-refractivity contribution in [3.05, 3.63) is 35.1 Å². The zero-order chi connectivity index (χ0) is 8.97. The van der Waals surface area contributed by atoms with Crippen LogP contribution in [0.4, 0.5) is 5.69 Å². The zero-order valence-corrected chi connectivity index (χ0v) is 7.36. The smallest absolute Gasteiger partial charge is 0.250 e. The second kappa shape index (κ2) is 4.01. The monoisotopic (exact) mass is 182 g/mol. The third-order valence-electron chi connectivity index (χ3n) is 1.20. The standard InChI is InChI=1S/C8H10N2OS/c1-2-3-12-8-5-6(9)4-7(11)10-8/h2,4-5H,1,3H2,(H3,9,10,11). The fourth-order valence-corrected chi connectivity index (χ4v) is 1.45. The highest BCUT2D eigenvalue weighted by Gasteiger charge is 1.94. The highest BCUT2D eigenvalue weighted by atomic mass is 32.2. The summed E-state index contributed by atoms with van der Waals surface area (Å²) < 4.78 is 0. The van der Waals surface area contributed by atoms with E-state index < -0.39 is 0 Å². The molecule has 4 heteroatoms. The number of thioether (sulfide) groups is 1. The number of pyridine rings is 1. The van der Waals surface area contributed by atoms with Crippen molar-refractivity contribution in [3.8, 4) is 0 Å². The molecule has 3 nitrogen and oxygen atoms in total. The van der Waals surface area contributed by atoms with E-state index in [2.05, 4.69) is 11.6 Å². The van der Waals surface area contributed by atoms with Gasteiger partial charge >= 0.3 is 0 Å². The molecule has 0 spiro atoms. The van der Waals surface area contributed by atoms with Gasteiger partial charge in [-0.2, -0.15) is 0 Å². The van der Waals surface area contributed by atoms with Crippen LogP contribution >= 0.6 is 11.8 Å². The molecule has 3 N–H and O–H groups in total. The molecular weight excluding hydrogens is 172 g/mol. The Kier molecular flexibility index (Phi) is 2.99. The summed E-state index contributed by atoms with van der Waals surface area (Å²) in [5.74, 6) is 0.763. The molecule has 0 bridgehead atoms. The van der Waals surface area contributed by atoms with Crippen LogP contribution in [0, 0.1) is 0 Å². The Bertz CT molecular complexity index is 332. The molecule has 1 aromatic rings. The average Bonchev–Trinajstić information content (AvgIpc) is 1.99. The number of hydrogen-bond acceptors (Lipinski definition) is 3. The predicted molar refractivity (Wildman–Crippen MR) is 52.4 cm³/mol. The average molecular weight is 182 g/mol. The minimum atomic E-state index is -0.165. The summed E-state index contributed by atoms with van der Waals surface area (Å²) in [6.45, 7) is 3.58. The van der Waals surface area contributed by atoms with Crippen LogP contribution in [0.1, 0.15) is 0 Å². The topological polar surface area (TPSA) is 58.9 Å². The van der Waals surface area contributed by atoms with Crippen molar-refractivity contribution < 1.29 is 0 Å². The first-order valence-electron chi connectivity index (χ1n) is 3.46. The lowest BCUT2D eigenvalue weighted by atomic mass is 10.4. The Labute approximate surface area is 74.7 Å². The van der Waals surface area contributed by atoms with Gasteiger partial charge in [0, 0.05) is 17.5 Å². The van der Waals surface area contributed by atoms with E-state index >= 15 is 0 Å². The Morgan fingerprint density at radius 1 is 1.67 bits per heavy atom. The van der Waals surface area contributed by atoms with Crippen molar-refractivity contribution >= 4 is 17.4 Å². The van der Waals surface area contributed by atoms with Gasteiger partial charge in [-0.25, -0.2) is 0 Å². The molecule has 0 aromatic carbocycles. The Morgan fingerprint density at radius 2 is 2.42 bits per heavy atom. The second-order valence-corrected chi connectivity index (χ2v) is 3.30. The summed E-state index contributed by atoms with van der Waals surface area (Å²) in [6.07, 6.45) is 1.77. The number of aromatic amines is 1. The highest BCUT2D eigenvalue weighted by molar-refractivity contribution is 7.99. The molecule has 64 valence electrons. The van der Waals surface area contributed by atoms with E-state index in [9.17, 15) is 4.79 Å². The molecule has 0 amide bonds. The molecule has 0 unspecified atom stereocenters. The fraction of sp³-hybridized carbons (Fsp3) is 0.125. The SMILES string of the molecule is C=CCSc1cc(N)cc(=O)[nH]1. The summed E-state index contributed by atoms with van der Waals surface area (Å²) in [6, 6.07) is 3.09. The van der Waals surface area contributed by atoms with Gasteiger partial charge in [0.25, 0.3) is 5.56 Å². The van der Waals surface area contributed by atoms with Gasteiger partial charge in [0.2, 0.25) is 0 Å². The summed E-state index contributed by atoms with van der Waals surface area (Å²) >= 11 is 1.50. The highest BCUT2D eigenvalue weighted by Crippen LogP contribution is 2.14. The molecule has 12 heavy (non-hydrogen) atoms. The minimum absolute atomic E-state index is 0.165. The summed E-state index contributed by atoms with van der Waals surface area (Å²) in [4.78, 5) is 13.6. The maximum Gasteiger partial charge on any atom is 0.250 e. The fourth-order valence-electron chi connectivity index (χ4n) is 0.764. The number of nitrogens with one attached hydrogen (secondary N) is 1. The molecule has 1 aromatic heterocycles. The van der Waals surface area contributed by atoms with Crippen LogP contribution in [0.5, 0.6) is 0 Å².